The van der Waals surface area contributed by atoms with E-state index in [9.17, 15) is 0 Å². The van der Waals surface area contributed by atoms with Gasteiger partial charge in [0.05, 0.1) is 0 Å². The van der Waals surface area contributed by atoms with E-state index in [1.807, 2.05) is 30.3 Å². The molecule has 1 aromatic rings. The van der Waals surface area contributed by atoms with Crippen LogP contribution in [0, 0.1) is 5.67 Å². The molecule has 0 spiro atoms. The van der Waals surface area contributed by atoms with Crippen LogP contribution < -0.4 is 0 Å². The molecule has 1 rings (SSSR count). The molecule has 84 valence electrons. The summed E-state index contributed by atoms with van der Waals surface area (Å²) in [6.45, 7) is 14.4. The van der Waals surface area contributed by atoms with Crippen LogP contribution in [0.5, 0.6) is 0 Å². The van der Waals surface area contributed by atoms with Crippen LogP contribution >= 0.6 is 0 Å². The minimum absolute atomic E-state index is 0. The molecule has 0 unspecified atom stereocenters. The molecule has 0 aliphatic carbocycles. The van der Waals surface area contributed by atoms with Crippen LogP contribution in [0.3, 0.4) is 0 Å². The van der Waals surface area contributed by atoms with Gasteiger partial charge in [-0.2, -0.15) is 18.2 Å². The largest absolute Gasteiger partial charge is 2.00 e. The fraction of sp³-hybridized carbons (Fsp3) is 0.500. The van der Waals surface area contributed by atoms with Gasteiger partial charge in [0.25, 0.3) is 0 Å². The molecule has 0 nitrogen and oxygen atoms in total. The molecule has 0 saturated carbocycles. The molecular formula is C12H24Si2Ti. The van der Waals surface area contributed by atoms with Crippen molar-refractivity contribution in [2.24, 2.45) is 0 Å². The van der Waals surface area contributed by atoms with Crippen molar-refractivity contribution in [1.29, 1.82) is 0 Å². The third-order valence-corrected chi connectivity index (χ3v) is 8.35. The Balaban J connectivity index is 0. The second-order valence-corrected chi connectivity index (χ2v) is 16.5. The van der Waals surface area contributed by atoms with Crippen LogP contribution in [0.4, 0.5) is 0 Å². The first kappa shape index (κ1) is 17.9. The summed E-state index contributed by atoms with van der Waals surface area (Å²) >= 11 is 0. The minimum Gasteiger partial charge on any atom is -0.327 e. The van der Waals surface area contributed by atoms with Gasteiger partial charge >= 0.3 is 21.7 Å². The van der Waals surface area contributed by atoms with E-state index >= 15 is 0 Å². The van der Waals surface area contributed by atoms with E-state index in [0.717, 1.165) is 0 Å². The SMILES string of the molecule is C[Si](C)(C)[CH-][Si](C)(C)C.[Ti+2].c1cc[cH-]c1. The first-order valence-electron chi connectivity index (χ1n) is 5.24. The van der Waals surface area contributed by atoms with Gasteiger partial charge < -0.3 is 5.67 Å². The summed E-state index contributed by atoms with van der Waals surface area (Å²) < 4.78 is 0. The normalized spacial score (nSPS) is 11.1. The Bertz CT molecular complexity index is 188. The average molecular weight is 272 g/mol. The summed E-state index contributed by atoms with van der Waals surface area (Å²) in [5.41, 5.74) is 2.65. The second kappa shape index (κ2) is 7.72. The predicted octanol–water partition coefficient (Wildman–Crippen LogP) is 4.35. The molecule has 0 aliphatic rings. The van der Waals surface area contributed by atoms with Gasteiger partial charge in [-0.15, -0.1) is 16.1 Å². The first-order valence-corrected chi connectivity index (χ1v) is 12.4. The van der Waals surface area contributed by atoms with E-state index in [0.29, 0.717) is 0 Å². The summed E-state index contributed by atoms with van der Waals surface area (Å²) in [5.74, 6) is 0. The number of hydrogen-bond acceptors (Lipinski definition) is 0. The van der Waals surface area contributed by atoms with Crippen molar-refractivity contribution in [3.05, 3.63) is 36.0 Å². The maximum absolute atomic E-state index is 2.65. The van der Waals surface area contributed by atoms with E-state index in [1.165, 1.54) is 0 Å². The van der Waals surface area contributed by atoms with Crippen molar-refractivity contribution in [1.82, 2.24) is 0 Å². The average Bonchev–Trinajstić information content (AvgIpc) is 2.29. The van der Waals surface area contributed by atoms with Crippen molar-refractivity contribution in [3.8, 4) is 0 Å². The van der Waals surface area contributed by atoms with Crippen LogP contribution in [0.2, 0.25) is 39.3 Å². The predicted molar refractivity (Wildman–Crippen MR) is 73.0 cm³/mol. The standard InChI is InChI=1S/C7H19Si2.C5H5.Ti/c1-8(2,3)7-9(4,5)6;1-2-4-5-3-1;/h7H,1-6H3;1-5H;/q2*-1;+2. The molecule has 0 saturated heterocycles. The fourth-order valence-corrected chi connectivity index (χ4v) is 12.0. The minimum atomic E-state index is -0.856. The molecule has 0 radical (unpaired) electrons. The van der Waals surface area contributed by atoms with Crippen LogP contribution in [0.1, 0.15) is 0 Å². The quantitative estimate of drug-likeness (QED) is 0.554. The molecule has 0 aromatic heterocycles. The third kappa shape index (κ3) is 17.1. The van der Waals surface area contributed by atoms with Gasteiger partial charge in [-0.05, 0) is 0 Å². The molecule has 15 heavy (non-hydrogen) atoms. The van der Waals surface area contributed by atoms with E-state index < -0.39 is 16.1 Å². The maximum Gasteiger partial charge on any atom is 2.00 e. The maximum atomic E-state index is 2.65. The Morgan fingerprint density at radius 3 is 1.20 bits per heavy atom. The summed E-state index contributed by atoms with van der Waals surface area (Å²) in [4.78, 5) is 0. The Morgan fingerprint density at radius 2 is 1.13 bits per heavy atom. The molecule has 0 heterocycles. The fourth-order valence-electron chi connectivity index (χ4n) is 1.62. The Morgan fingerprint density at radius 1 is 0.800 bits per heavy atom. The molecular weight excluding hydrogens is 248 g/mol. The molecule has 0 aliphatic heterocycles. The second-order valence-electron chi connectivity index (χ2n) is 5.84. The van der Waals surface area contributed by atoms with Gasteiger partial charge in [-0.25, -0.2) is 12.1 Å². The zero-order valence-electron chi connectivity index (χ0n) is 11.0. The van der Waals surface area contributed by atoms with Crippen molar-refractivity contribution in [3.63, 3.8) is 0 Å². The van der Waals surface area contributed by atoms with E-state index in [-0.39, 0.29) is 21.7 Å². The Hall–Kier alpha value is 0.498. The van der Waals surface area contributed by atoms with Gasteiger partial charge in [0.2, 0.25) is 0 Å². The Kier molecular flexibility index (Phi) is 9.20. The van der Waals surface area contributed by atoms with E-state index in [4.69, 9.17) is 0 Å². The molecule has 0 amide bonds. The van der Waals surface area contributed by atoms with Crippen molar-refractivity contribution in [2.45, 2.75) is 39.3 Å². The van der Waals surface area contributed by atoms with Gasteiger partial charge in [-0.3, -0.25) is 0 Å². The van der Waals surface area contributed by atoms with Gasteiger partial charge in [0, 0.05) is 0 Å². The number of hydrogen-bond donors (Lipinski definition) is 0. The van der Waals surface area contributed by atoms with Crippen molar-refractivity contribution in [2.75, 3.05) is 0 Å². The summed E-state index contributed by atoms with van der Waals surface area (Å²) in [6, 6.07) is 10.0. The van der Waals surface area contributed by atoms with Crippen LogP contribution in [-0.2, 0) is 21.7 Å². The van der Waals surface area contributed by atoms with Crippen LogP contribution in [-0.4, -0.2) is 16.1 Å². The van der Waals surface area contributed by atoms with Crippen molar-refractivity contribution < 1.29 is 21.7 Å². The van der Waals surface area contributed by atoms with Gasteiger partial charge in [0.15, 0.2) is 0 Å². The third-order valence-electron chi connectivity index (χ3n) is 1.42. The summed E-state index contributed by atoms with van der Waals surface area (Å²) in [5, 5.41) is 0. The topological polar surface area (TPSA) is 0 Å². The van der Waals surface area contributed by atoms with Crippen LogP contribution in [0.15, 0.2) is 30.3 Å². The molecule has 0 atom stereocenters. The van der Waals surface area contributed by atoms with Crippen molar-refractivity contribution >= 4 is 16.1 Å². The molecule has 0 bridgehead atoms. The molecule has 0 fully saturated rings. The van der Waals surface area contributed by atoms with E-state index in [2.05, 4.69) is 44.9 Å². The summed E-state index contributed by atoms with van der Waals surface area (Å²) in [6.07, 6.45) is 0. The molecule has 1 aromatic carbocycles. The van der Waals surface area contributed by atoms with Gasteiger partial charge in [0.1, 0.15) is 0 Å². The summed E-state index contributed by atoms with van der Waals surface area (Å²) in [7, 11) is -1.71. The smallest absolute Gasteiger partial charge is 0.327 e. The number of rotatable bonds is 2. The first-order chi connectivity index (χ1) is 6.21. The van der Waals surface area contributed by atoms with E-state index in [1.54, 1.807) is 0 Å². The zero-order valence-corrected chi connectivity index (χ0v) is 14.5. The molecule has 3 heteroatoms. The molecule has 0 N–H and O–H groups in total. The van der Waals surface area contributed by atoms with Crippen LogP contribution in [0.25, 0.3) is 0 Å². The Labute approximate surface area is 113 Å². The monoisotopic (exact) mass is 272 g/mol. The zero-order chi connectivity index (χ0) is 11.2. The van der Waals surface area contributed by atoms with Gasteiger partial charge in [-0.1, -0.05) is 39.3 Å².